The van der Waals surface area contributed by atoms with Gasteiger partial charge in [0.05, 0.1) is 18.2 Å². The largest absolute Gasteiger partial charge is 0.465 e. The van der Waals surface area contributed by atoms with E-state index >= 15 is 0 Å². The highest BCUT2D eigenvalue weighted by molar-refractivity contribution is 5.94. The molecule has 28 heavy (non-hydrogen) atoms. The Balaban J connectivity index is 1.59. The topological polar surface area (TPSA) is 80.3 Å². The first-order valence-electron chi connectivity index (χ1n) is 8.81. The molecule has 142 valence electrons. The predicted molar refractivity (Wildman–Crippen MR) is 108 cm³/mol. The zero-order valence-electron chi connectivity index (χ0n) is 15.7. The van der Waals surface area contributed by atoms with Crippen molar-refractivity contribution in [3.8, 4) is 0 Å². The van der Waals surface area contributed by atoms with Gasteiger partial charge < -0.3 is 15.4 Å². The summed E-state index contributed by atoms with van der Waals surface area (Å²) < 4.78 is 4.67. The van der Waals surface area contributed by atoms with Crippen molar-refractivity contribution < 1.29 is 14.3 Å². The van der Waals surface area contributed by atoms with Crippen LogP contribution in [0.2, 0.25) is 0 Å². The second-order valence-corrected chi connectivity index (χ2v) is 6.24. The maximum absolute atomic E-state index is 12.3. The van der Waals surface area contributed by atoms with Gasteiger partial charge in [0.2, 0.25) is 0 Å². The van der Waals surface area contributed by atoms with Crippen LogP contribution in [0.15, 0.2) is 66.9 Å². The number of rotatable bonds is 6. The molecule has 2 aromatic carbocycles. The van der Waals surface area contributed by atoms with Gasteiger partial charge in [0.25, 0.3) is 5.91 Å². The molecule has 0 aliphatic rings. The molecule has 0 aliphatic heterocycles. The van der Waals surface area contributed by atoms with Crippen molar-refractivity contribution in [3.05, 3.63) is 89.1 Å². The van der Waals surface area contributed by atoms with E-state index in [9.17, 15) is 9.59 Å². The fourth-order valence-electron chi connectivity index (χ4n) is 2.64. The second-order valence-electron chi connectivity index (χ2n) is 6.24. The first kappa shape index (κ1) is 19.1. The van der Waals surface area contributed by atoms with E-state index in [1.165, 1.54) is 13.3 Å². The van der Waals surface area contributed by atoms with E-state index < -0.39 is 0 Å². The van der Waals surface area contributed by atoms with Gasteiger partial charge in [0, 0.05) is 18.4 Å². The van der Waals surface area contributed by atoms with E-state index in [0.717, 1.165) is 16.8 Å². The summed E-state index contributed by atoms with van der Waals surface area (Å²) in [6.07, 6.45) is 1.53. The van der Waals surface area contributed by atoms with Crippen molar-refractivity contribution in [3.63, 3.8) is 0 Å². The number of ether oxygens (including phenoxy) is 1. The van der Waals surface area contributed by atoms with Crippen molar-refractivity contribution in [1.82, 2.24) is 10.3 Å². The minimum Gasteiger partial charge on any atom is -0.465 e. The van der Waals surface area contributed by atoms with Crippen LogP contribution >= 0.6 is 0 Å². The van der Waals surface area contributed by atoms with Crippen LogP contribution in [0.4, 0.5) is 11.5 Å². The number of carbonyl (C=O) groups is 2. The van der Waals surface area contributed by atoms with E-state index in [-0.39, 0.29) is 11.9 Å². The Morgan fingerprint density at radius 1 is 0.964 bits per heavy atom. The van der Waals surface area contributed by atoms with Crippen molar-refractivity contribution in [2.24, 2.45) is 0 Å². The number of pyridine rings is 1. The number of nitrogens with one attached hydrogen (secondary N) is 2. The zero-order valence-corrected chi connectivity index (χ0v) is 15.7. The molecule has 0 spiro atoms. The number of nitrogens with zero attached hydrogens (tertiary/aromatic N) is 1. The lowest BCUT2D eigenvalue weighted by molar-refractivity contribution is 0.0600. The van der Waals surface area contributed by atoms with Gasteiger partial charge in [-0.25, -0.2) is 9.78 Å². The fourth-order valence-corrected chi connectivity index (χ4v) is 2.64. The Kier molecular flexibility index (Phi) is 6.01. The van der Waals surface area contributed by atoms with Gasteiger partial charge in [-0.05, 0) is 54.4 Å². The van der Waals surface area contributed by atoms with E-state index in [4.69, 9.17) is 0 Å². The van der Waals surface area contributed by atoms with Crippen LogP contribution in [-0.2, 0) is 11.3 Å². The van der Waals surface area contributed by atoms with Gasteiger partial charge in [-0.1, -0.05) is 24.3 Å². The molecular formula is C22H21N3O3. The number of amides is 1. The fraction of sp³-hybridized carbons (Fsp3) is 0.136. The molecule has 0 radical (unpaired) electrons. The molecule has 1 aromatic heterocycles. The summed E-state index contributed by atoms with van der Waals surface area (Å²) in [6, 6.07) is 18.2. The summed E-state index contributed by atoms with van der Waals surface area (Å²) in [5.74, 6) is 0.0387. The Labute approximate surface area is 163 Å². The highest BCUT2D eigenvalue weighted by atomic mass is 16.5. The molecule has 1 amide bonds. The third-order valence-electron chi connectivity index (χ3n) is 4.30. The number of carbonyl (C=O) groups excluding carboxylic acids is 2. The third kappa shape index (κ3) is 4.73. The van der Waals surface area contributed by atoms with Crippen LogP contribution in [0.1, 0.15) is 31.8 Å². The molecule has 0 bridgehead atoms. The van der Waals surface area contributed by atoms with Crippen LogP contribution < -0.4 is 10.6 Å². The molecule has 6 nitrogen and oxygen atoms in total. The predicted octanol–water partition coefficient (Wildman–Crippen LogP) is 3.85. The van der Waals surface area contributed by atoms with Crippen LogP contribution in [-0.4, -0.2) is 24.0 Å². The van der Waals surface area contributed by atoms with E-state index in [2.05, 4.69) is 20.4 Å². The van der Waals surface area contributed by atoms with Gasteiger partial charge in [-0.15, -0.1) is 0 Å². The minimum atomic E-state index is -0.384. The van der Waals surface area contributed by atoms with Crippen LogP contribution in [0.5, 0.6) is 0 Å². The minimum absolute atomic E-state index is 0.176. The van der Waals surface area contributed by atoms with Crippen molar-refractivity contribution >= 4 is 23.4 Å². The van der Waals surface area contributed by atoms with Gasteiger partial charge in [-0.2, -0.15) is 0 Å². The average Bonchev–Trinajstić information content (AvgIpc) is 2.73. The SMILES string of the molecule is COC(=O)c1ccc(Nc2ccc(C(=O)NCc3ccccc3C)cn2)cc1. The van der Waals surface area contributed by atoms with Gasteiger partial charge in [-0.3, -0.25) is 4.79 Å². The van der Waals surface area contributed by atoms with Crippen molar-refractivity contribution in [2.75, 3.05) is 12.4 Å². The van der Waals surface area contributed by atoms with E-state index in [1.54, 1.807) is 36.4 Å². The number of hydrogen-bond acceptors (Lipinski definition) is 5. The molecule has 0 saturated heterocycles. The van der Waals surface area contributed by atoms with Crippen LogP contribution in [0.25, 0.3) is 0 Å². The maximum Gasteiger partial charge on any atom is 0.337 e. The van der Waals surface area contributed by atoms with Crippen molar-refractivity contribution in [1.29, 1.82) is 0 Å². The molecular weight excluding hydrogens is 354 g/mol. The summed E-state index contributed by atoms with van der Waals surface area (Å²) in [6.45, 7) is 2.49. The molecule has 0 aliphatic carbocycles. The smallest absolute Gasteiger partial charge is 0.337 e. The lowest BCUT2D eigenvalue weighted by atomic mass is 10.1. The number of methoxy groups -OCH3 is 1. The molecule has 3 rings (SSSR count). The van der Waals surface area contributed by atoms with E-state index in [1.807, 2.05) is 31.2 Å². The Morgan fingerprint density at radius 3 is 2.32 bits per heavy atom. The van der Waals surface area contributed by atoms with E-state index in [0.29, 0.717) is 23.5 Å². The summed E-state index contributed by atoms with van der Waals surface area (Å²) in [5.41, 5.74) is 3.95. The lowest BCUT2D eigenvalue weighted by Crippen LogP contribution is -2.23. The summed E-state index contributed by atoms with van der Waals surface area (Å²) in [7, 11) is 1.34. The molecule has 3 aromatic rings. The lowest BCUT2D eigenvalue weighted by Gasteiger charge is -2.09. The standard InChI is InChI=1S/C22H21N3O3/c1-15-5-3-4-6-17(15)13-24-21(26)18-9-12-20(23-14-18)25-19-10-7-16(8-11-19)22(27)28-2/h3-12,14H,13H2,1-2H3,(H,23,25)(H,24,26). The quantitative estimate of drug-likeness (QED) is 0.640. The molecule has 0 saturated carbocycles. The Bertz CT molecular complexity index is 967. The number of aromatic nitrogens is 1. The van der Waals surface area contributed by atoms with Crippen molar-refractivity contribution in [2.45, 2.75) is 13.5 Å². The number of benzene rings is 2. The summed E-state index contributed by atoms with van der Waals surface area (Å²) in [4.78, 5) is 28.0. The first-order chi connectivity index (χ1) is 13.6. The number of aryl methyl sites for hydroxylation is 1. The first-order valence-corrected chi connectivity index (χ1v) is 8.81. The van der Waals surface area contributed by atoms with Crippen LogP contribution in [0.3, 0.4) is 0 Å². The highest BCUT2D eigenvalue weighted by Gasteiger charge is 2.08. The van der Waals surface area contributed by atoms with Gasteiger partial charge >= 0.3 is 5.97 Å². The Hall–Kier alpha value is -3.67. The molecule has 0 atom stereocenters. The van der Waals surface area contributed by atoms with Gasteiger partial charge in [0.1, 0.15) is 5.82 Å². The maximum atomic E-state index is 12.3. The second kappa shape index (κ2) is 8.81. The molecule has 6 heteroatoms. The number of esters is 1. The Morgan fingerprint density at radius 2 is 1.68 bits per heavy atom. The van der Waals surface area contributed by atoms with Crippen LogP contribution in [0, 0.1) is 6.92 Å². The monoisotopic (exact) mass is 375 g/mol. The zero-order chi connectivity index (χ0) is 19.9. The molecule has 0 unspecified atom stereocenters. The summed E-state index contributed by atoms with van der Waals surface area (Å²) in [5, 5.41) is 6.03. The average molecular weight is 375 g/mol. The van der Waals surface area contributed by atoms with Gasteiger partial charge in [0.15, 0.2) is 0 Å². The summed E-state index contributed by atoms with van der Waals surface area (Å²) >= 11 is 0. The molecule has 1 heterocycles. The normalized spacial score (nSPS) is 10.2. The number of hydrogen-bond donors (Lipinski definition) is 2. The molecule has 0 fully saturated rings. The highest BCUT2D eigenvalue weighted by Crippen LogP contribution is 2.16. The third-order valence-corrected chi connectivity index (χ3v) is 4.30. The molecule has 2 N–H and O–H groups in total. The number of anilines is 2.